The van der Waals surface area contributed by atoms with Crippen LogP contribution in [0.25, 0.3) is 0 Å². The van der Waals surface area contributed by atoms with Crippen molar-refractivity contribution in [1.82, 2.24) is 0 Å². The number of hydrogen-bond acceptors (Lipinski definition) is 2. The Morgan fingerprint density at radius 1 is 0.655 bits per heavy atom. The molecule has 0 aliphatic rings. The molecule has 1 rings (SSSR count). The highest BCUT2D eigenvalue weighted by Gasteiger charge is 2.10. The number of rotatable bonds is 20. The van der Waals surface area contributed by atoms with Gasteiger partial charge in [0.15, 0.2) is 0 Å². The van der Waals surface area contributed by atoms with E-state index in [9.17, 15) is 4.57 Å². The molecule has 1 aromatic rings. The molecule has 0 aliphatic heterocycles. The topological polar surface area (TPSA) is 26.3 Å². The van der Waals surface area contributed by atoms with Crippen molar-refractivity contribution in [2.75, 3.05) is 0 Å². The molecule has 0 N–H and O–H groups in total. The molecule has 166 valence electrons. The highest BCUT2D eigenvalue weighted by Crippen LogP contribution is 2.28. The fourth-order valence-corrected chi connectivity index (χ4v) is 4.39. The standard InChI is InChI=1S/C26H45O2P/c1-3-5-7-9-11-13-15-17-20-24-21-19-23-26(28-29-27)25(24)22-18-16-14-12-10-8-6-4-2/h19,21,23H,3-18,20,22H2,1-2H3. The third kappa shape index (κ3) is 13.1. The van der Waals surface area contributed by atoms with Gasteiger partial charge in [-0.2, -0.15) is 0 Å². The summed E-state index contributed by atoms with van der Waals surface area (Å²) >= 11 is 0. The largest absolute Gasteiger partial charge is 0.407 e. The highest BCUT2D eigenvalue weighted by atomic mass is 31.1. The van der Waals surface area contributed by atoms with Gasteiger partial charge in [0.05, 0.1) is 0 Å². The zero-order valence-electron chi connectivity index (χ0n) is 19.2. The Balaban J connectivity index is 2.37. The minimum Gasteiger partial charge on any atom is -0.407 e. The fourth-order valence-electron chi connectivity index (χ4n) is 4.14. The molecule has 0 bridgehead atoms. The Morgan fingerprint density at radius 2 is 1.14 bits per heavy atom. The van der Waals surface area contributed by atoms with Gasteiger partial charge >= 0.3 is 8.69 Å². The molecule has 0 saturated heterocycles. The van der Waals surface area contributed by atoms with E-state index in [2.05, 4.69) is 26.0 Å². The average Bonchev–Trinajstić information content (AvgIpc) is 2.73. The van der Waals surface area contributed by atoms with Crippen LogP contribution >= 0.6 is 8.69 Å². The third-order valence-electron chi connectivity index (χ3n) is 5.95. The smallest absolute Gasteiger partial charge is 0.395 e. The molecule has 0 saturated carbocycles. The Morgan fingerprint density at radius 3 is 1.66 bits per heavy atom. The summed E-state index contributed by atoms with van der Waals surface area (Å²) in [4.78, 5) is 0. The lowest BCUT2D eigenvalue weighted by atomic mass is 9.95. The van der Waals surface area contributed by atoms with Crippen molar-refractivity contribution in [3.05, 3.63) is 29.3 Å². The molecule has 0 aliphatic carbocycles. The van der Waals surface area contributed by atoms with E-state index in [1.807, 2.05) is 6.07 Å². The predicted octanol–water partition coefficient (Wildman–Crippen LogP) is 9.64. The highest BCUT2D eigenvalue weighted by molar-refractivity contribution is 7.17. The Labute approximate surface area is 182 Å². The minimum absolute atomic E-state index is 0.246. The van der Waals surface area contributed by atoms with Crippen molar-refractivity contribution in [3.8, 4) is 5.75 Å². The van der Waals surface area contributed by atoms with E-state index in [1.54, 1.807) is 0 Å². The van der Waals surface area contributed by atoms with Gasteiger partial charge in [-0.3, -0.25) is 0 Å². The normalized spacial score (nSPS) is 11.2. The predicted molar refractivity (Wildman–Crippen MR) is 127 cm³/mol. The zero-order valence-corrected chi connectivity index (χ0v) is 20.1. The van der Waals surface area contributed by atoms with Crippen LogP contribution in [-0.2, 0) is 17.4 Å². The van der Waals surface area contributed by atoms with E-state index in [1.165, 1.54) is 114 Å². The van der Waals surface area contributed by atoms with Crippen molar-refractivity contribution >= 4 is 8.69 Å². The van der Waals surface area contributed by atoms with Crippen LogP contribution in [0.1, 0.15) is 128 Å². The van der Waals surface area contributed by atoms with Crippen LogP contribution in [0.5, 0.6) is 5.75 Å². The number of aryl methyl sites for hydroxylation is 1. The van der Waals surface area contributed by atoms with Gasteiger partial charge in [-0.25, -0.2) is 4.57 Å². The molecule has 0 amide bonds. The number of benzene rings is 1. The van der Waals surface area contributed by atoms with E-state index in [4.69, 9.17) is 4.52 Å². The van der Waals surface area contributed by atoms with E-state index < -0.39 is 0 Å². The monoisotopic (exact) mass is 420 g/mol. The van der Waals surface area contributed by atoms with E-state index >= 15 is 0 Å². The maximum Gasteiger partial charge on any atom is 0.395 e. The molecule has 0 atom stereocenters. The van der Waals surface area contributed by atoms with E-state index in [0.717, 1.165) is 18.6 Å². The minimum atomic E-state index is -0.246. The summed E-state index contributed by atoms with van der Waals surface area (Å²) < 4.78 is 16.4. The molecule has 0 fully saturated rings. The molecular weight excluding hydrogens is 375 g/mol. The quantitative estimate of drug-likeness (QED) is 0.155. The van der Waals surface area contributed by atoms with Crippen molar-refractivity contribution in [1.29, 1.82) is 0 Å². The van der Waals surface area contributed by atoms with Crippen molar-refractivity contribution < 1.29 is 9.09 Å². The van der Waals surface area contributed by atoms with Gasteiger partial charge in [0.2, 0.25) is 0 Å². The second kappa shape index (κ2) is 19.1. The summed E-state index contributed by atoms with van der Waals surface area (Å²) in [6.45, 7) is 4.54. The molecule has 3 heteroatoms. The zero-order chi connectivity index (χ0) is 21.0. The Kier molecular flexibility index (Phi) is 17.2. The summed E-state index contributed by atoms with van der Waals surface area (Å²) in [5.74, 6) is 0.821. The van der Waals surface area contributed by atoms with Gasteiger partial charge < -0.3 is 4.52 Å². The lowest BCUT2D eigenvalue weighted by Gasteiger charge is -2.13. The molecular formula is C26H45O2P. The first kappa shape index (κ1) is 26.2. The van der Waals surface area contributed by atoms with Crippen LogP contribution in [0.3, 0.4) is 0 Å². The maximum atomic E-state index is 11.0. The molecule has 29 heavy (non-hydrogen) atoms. The average molecular weight is 421 g/mol. The molecule has 1 aromatic carbocycles. The summed E-state index contributed by atoms with van der Waals surface area (Å²) in [6, 6.07) is 6.27. The van der Waals surface area contributed by atoms with Crippen LogP contribution in [0.15, 0.2) is 18.2 Å². The van der Waals surface area contributed by atoms with E-state index in [0.29, 0.717) is 0 Å². The first-order chi connectivity index (χ1) is 14.3. The van der Waals surface area contributed by atoms with Crippen LogP contribution in [0.2, 0.25) is 0 Å². The first-order valence-corrected chi connectivity index (χ1v) is 13.2. The first-order valence-electron chi connectivity index (χ1n) is 12.4. The second-order valence-corrected chi connectivity index (χ2v) is 8.84. The number of hydrogen-bond donors (Lipinski definition) is 0. The molecule has 0 aromatic heterocycles. The Hall–Kier alpha value is -0.880. The number of unbranched alkanes of at least 4 members (excludes halogenated alkanes) is 14. The van der Waals surface area contributed by atoms with Gasteiger partial charge in [0, 0.05) is 0 Å². The third-order valence-corrected chi connectivity index (χ3v) is 6.22. The Bertz CT molecular complexity index is 515. The van der Waals surface area contributed by atoms with Crippen LogP contribution in [0, 0.1) is 0 Å². The van der Waals surface area contributed by atoms with E-state index in [-0.39, 0.29) is 8.69 Å². The van der Waals surface area contributed by atoms with Crippen molar-refractivity contribution in [2.24, 2.45) is 0 Å². The molecule has 0 spiro atoms. The molecule has 0 radical (unpaired) electrons. The van der Waals surface area contributed by atoms with Gasteiger partial charge in [-0.1, -0.05) is 116 Å². The summed E-state index contributed by atoms with van der Waals surface area (Å²) in [6.07, 6.45) is 23.6. The summed E-state index contributed by atoms with van der Waals surface area (Å²) in [7, 11) is -0.246. The van der Waals surface area contributed by atoms with Crippen molar-refractivity contribution in [3.63, 3.8) is 0 Å². The van der Waals surface area contributed by atoms with Crippen LogP contribution < -0.4 is 4.52 Å². The van der Waals surface area contributed by atoms with Gasteiger partial charge in [0.25, 0.3) is 0 Å². The van der Waals surface area contributed by atoms with Gasteiger partial charge in [-0.15, -0.1) is 0 Å². The summed E-state index contributed by atoms with van der Waals surface area (Å²) in [5.41, 5.74) is 2.70. The van der Waals surface area contributed by atoms with Crippen LogP contribution in [0.4, 0.5) is 0 Å². The summed E-state index contributed by atoms with van der Waals surface area (Å²) in [5, 5.41) is 0. The lowest BCUT2D eigenvalue weighted by Crippen LogP contribution is -1.98. The molecule has 0 unspecified atom stereocenters. The van der Waals surface area contributed by atoms with Gasteiger partial charge in [0.1, 0.15) is 5.75 Å². The lowest BCUT2D eigenvalue weighted by molar-refractivity contribution is 0.518. The fraction of sp³-hybridized carbons (Fsp3) is 0.769. The molecule has 2 nitrogen and oxygen atoms in total. The van der Waals surface area contributed by atoms with Crippen molar-refractivity contribution in [2.45, 2.75) is 129 Å². The second-order valence-electron chi connectivity index (χ2n) is 8.51. The molecule has 0 heterocycles. The SMILES string of the molecule is CCCCCCCCCCc1cccc(OP=O)c1CCCCCCCCCC. The van der Waals surface area contributed by atoms with Gasteiger partial charge in [-0.05, 0) is 42.9 Å². The van der Waals surface area contributed by atoms with Crippen LogP contribution in [-0.4, -0.2) is 0 Å². The maximum absolute atomic E-state index is 11.0.